The highest BCUT2D eigenvalue weighted by molar-refractivity contribution is 5.96. The second kappa shape index (κ2) is 3.92. The number of anilines is 1. The summed E-state index contributed by atoms with van der Waals surface area (Å²) in [6.07, 6.45) is 1.62. The average Bonchev–Trinajstić information content (AvgIpc) is 3.04. The quantitative estimate of drug-likeness (QED) is 0.822. The van der Waals surface area contributed by atoms with E-state index in [1.54, 1.807) is 0 Å². The molecular weight excluding hydrogens is 213 g/mol. The standard InChI is InChI=1S/C11H10FNO3/c12-8-4-3-7(11(15)16)5-9(8)13-10(14)6-1-2-6/h3-6H,1-2H2,(H,13,14)(H,15,16). The second-order valence-corrected chi connectivity index (χ2v) is 3.76. The Balaban J connectivity index is 2.20. The molecule has 4 nitrogen and oxygen atoms in total. The number of aromatic carboxylic acids is 1. The van der Waals surface area contributed by atoms with Gasteiger partial charge in [-0.3, -0.25) is 4.79 Å². The van der Waals surface area contributed by atoms with Crippen molar-refractivity contribution in [1.29, 1.82) is 0 Å². The Labute approximate surface area is 91.1 Å². The van der Waals surface area contributed by atoms with Gasteiger partial charge in [0.25, 0.3) is 0 Å². The van der Waals surface area contributed by atoms with Crippen molar-refractivity contribution in [2.75, 3.05) is 5.32 Å². The van der Waals surface area contributed by atoms with E-state index >= 15 is 0 Å². The molecule has 0 bridgehead atoms. The second-order valence-electron chi connectivity index (χ2n) is 3.76. The Morgan fingerprint density at radius 3 is 2.62 bits per heavy atom. The number of carboxylic acids is 1. The molecule has 1 amide bonds. The monoisotopic (exact) mass is 223 g/mol. The minimum atomic E-state index is -1.15. The van der Waals surface area contributed by atoms with Gasteiger partial charge in [0.1, 0.15) is 5.82 Å². The highest BCUT2D eigenvalue weighted by Crippen LogP contribution is 2.30. The molecule has 0 aromatic heterocycles. The van der Waals surface area contributed by atoms with Gasteiger partial charge in [-0.2, -0.15) is 0 Å². The molecule has 0 aliphatic heterocycles. The van der Waals surface area contributed by atoms with E-state index in [0.29, 0.717) is 0 Å². The van der Waals surface area contributed by atoms with Crippen LogP contribution >= 0.6 is 0 Å². The van der Waals surface area contributed by atoms with Crippen LogP contribution in [0.3, 0.4) is 0 Å². The van der Waals surface area contributed by atoms with Crippen molar-refractivity contribution in [3.63, 3.8) is 0 Å². The Morgan fingerprint density at radius 1 is 1.38 bits per heavy atom. The Hall–Kier alpha value is -1.91. The van der Waals surface area contributed by atoms with E-state index in [4.69, 9.17) is 5.11 Å². The molecule has 1 fully saturated rings. The maximum atomic E-state index is 13.3. The lowest BCUT2D eigenvalue weighted by Gasteiger charge is -2.06. The molecule has 1 aromatic rings. The summed E-state index contributed by atoms with van der Waals surface area (Å²) in [5.74, 6) is -2.07. The van der Waals surface area contributed by atoms with E-state index < -0.39 is 11.8 Å². The molecule has 0 unspecified atom stereocenters. The van der Waals surface area contributed by atoms with E-state index in [9.17, 15) is 14.0 Å². The summed E-state index contributed by atoms with van der Waals surface area (Å²) in [7, 11) is 0. The van der Waals surface area contributed by atoms with Gasteiger partial charge in [0, 0.05) is 5.92 Å². The van der Waals surface area contributed by atoms with Crippen LogP contribution < -0.4 is 5.32 Å². The fourth-order valence-corrected chi connectivity index (χ4v) is 1.33. The Kier molecular flexibility index (Phi) is 2.60. The highest BCUT2D eigenvalue weighted by atomic mass is 19.1. The number of hydrogen-bond donors (Lipinski definition) is 2. The molecule has 0 saturated heterocycles. The molecule has 1 aliphatic carbocycles. The van der Waals surface area contributed by atoms with Crippen LogP contribution in [0.1, 0.15) is 23.2 Å². The van der Waals surface area contributed by atoms with Crippen LogP contribution in [0.5, 0.6) is 0 Å². The molecule has 84 valence electrons. The Bertz CT molecular complexity index is 455. The van der Waals surface area contributed by atoms with Gasteiger partial charge in [-0.05, 0) is 31.0 Å². The zero-order valence-electron chi connectivity index (χ0n) is 8.37. The van der Waals surface area contributed by atoms with Crippen LogP contribution in [0.25, 0.3) is 0 Å². The fourth-order valence-electron chi connectivity index (χ4n) is 1.33. The molecule has 0 atom stereocenters. The van der Waals surface area contributed by atoms with E-state index in [0.717, 1.165) is 31.0 Å². The Morgan fingerprint density at radius 2 is 2.06 bits per heavy atom. The summed E-state index contributed by atoms with van der Waals surface area (Å²) in [5.41, 5.74) is -0.121. The third-order valence-electron chi connectivity index (χ3n) is 2.42. The lowest BCUT2D eigenvalue weighted by atomic mass is 10.2. The van der Waals surface area contributed by atoms with Crippen LogP contribution in [0.15, 0.2) is 18.2 Å². The first-order chi connectivity index (χ1) is 7.58. The molecule has 1 aliphatic rings. The number of hydrogen-bond acceptors (Lipinski definition) is 2. The van der Waals surface area contributed by atoms with Crippen LogP contribution in [0.4, 0.5) is 10.1 Å². The summed E-state index contributed by atoms with van der Waals surface area (Å²) in [5, 5.41) is 11.1. The van der Waals surface area contributed by atoms with E-state index in [1.807, 2.05) is 0 Å². The van der Waals surface area contributed by atoms with Crippen molar-refractivity contribution in [1.82, 2.24) is 0 Å². The summed E-state index contributed by atoms with van der Waals surface area (Å²) in [4.78, 5) is 22.0. The molecule has 1 aromatic carbocycles. The molecule has 5 heteroatoms. The fraction of sp³-hybridized carbons (Fsp3) is 0.273. The number of benzene rings is 1. The molecular formula is C11H10FNO3. The predicted octanol–water partition coefficient (Wildman–Crippen LogP) is 1.87. The van der Waals surface area contributed by atoms with Crippen molar-refractivity contribution in [3.8, 4) is 0 Å². The molecule has 0 spiro atoms. The van der Waals surface area contributed by atoms with Gasteiger partial charge < -0.3 is 10.4 Å². The average molecular weight is 223 g/mol. The number of amides is 1. The lowest BCUT2D eigenvalue weighted by Crippen LogP contribution is -2.15. The molecule has 2 rings (SSSR count). The zero-order valence-corrected chi connectivity index (χ0v) is 8.37. The normalized spacial score (nSPS) is 14.6. The highest BCUT2D eigenvalue weighted by Gasteiger charge is 2.30. The number of carbonyl (C=O) groups is 2. The van der Waals surface area contributed by atoms with Gasteiger partial charge >= 0.3 is 5.97 Å². The first-order valence-corrected chi connectivity index (χ1v) is 4.91. The third kappa shape index (κ3) is 2.18. The lowest BCUT2D eigenvalue weighted by molar-refractivity contribution is -0.117. The maximum absolute atomic E-state index is 13.3. The number of carbonyl (C=O) groups excluding carboxylic acids is 1. The largest absolute Gasteiger partial charge is 0.478 e. The topological polar surface area (TPSA) is 66.4 Å². The maximum Gasteiger partial charge on any atom is 0.335 e. The van der Waals surface area contributed by atoms with Gasteiger partial charge in [0.15, 0.2) is 0 Å². The molecule has 1 saturated carbocycles. The minimum absolute atomic E-state index is 0.0483. The number of rotatable bonds is 3. The van der Waals surface area contributed by atoms with E-state index in [-0.39, 0.29) is 23.1 Å². The van der Waals surface area contributed by atoms with Gasteiger partial charge in [-0.15, -0.1) is 0 Å². The first-order valence-electron chi connectivity index (χ1n) is 4.91. The van der Waals surface area contributed by atoms with Crippen molar-refractivity contribution < 1.29 is 19.1 Å². The number of nitrogens with one attached hydrogen (secondary N) is 1. The van der Waals surface area contributed by atoms with Gasteiger partial charge in [-0.25, -0.2) is 9.18 Å². The van der Waals surface area contributed by atoms with E-state index in [2.05, 4.69) is 5.32 Å². The van der Waals surface area contributed by atoms with Gasteiger partial charge in [0.05, 0.1) is 11.3 Å². The van der Waals surface area contributed by atoms with Crippen LogP contribution in [0.2, 0.25) is 0 Å². The smallest absolute Gasteiger partial charge is 0.335 e. The van der Waals surface area contributed by atoms with Crippen molar-refractivity contribution in [3.05, 3.63) is 29.6 Å². The summed E-state index contributed by atoms with van der Waals surface area (Å²) in [6.45, 7) is 0. The molecule has 16 heavy (non-hydrogen) atoms. The van der Waals surface area contributed by atoms with Crippen LogP contribution in [-0.2, 0) is 4.79 Å². The van der Waals surface area contributed by atoms with Crippen molar-refractivity contribution in [2.45, 2.75) is 12.8 Å². The molecule has 0 heterocycles. The molecule has 2 N–H and O–H groups in total. The SMILES string of the molecule is O=C(O)c1ccc(F)c(NC(=O)C2CC2)c1. The minimum Gasteiger partial charge on any atom is -0.478 e. The van der Waals surface area contributed by atoms with Crippen molar-refractivity contribution in [2.24, 2.45) is 5.92 Å². The predicted molar refractivity (Wildman–Crippen MR) is 54.7 cm³/mol. The van der Waals surface area contributed by atoms with Crippen LogP contribution in [-0.4, -0.2) is 17.0 Å². The first kappa shape index (κ1) is 10.6. The molecule has 0 radical (unpaired) electrons. The number of halogens is 1. The van der Waals surface area contributed by atoms with Crippen molar-refractivity contribution >= 4 is 17.6 Å². The van der Waals surface area contributed by atoms with Gasteiger partial charge in [-0.1, -0.05) is 0 Å². The third-order valence-corrected chi connectivity index (χ3v) is 2.42. The summed E-state index contributed by atoms with van der Waals surface area (Å²) >= 11 is 0. The van der Waals surface area contributed by atoms with E-state index in [1.165, 1.54) is 0 Å². The zero-order chi connectivity index (χ0) is 11.7. The van der Waals surface area contributed by atoms with Crippen LogP contribution in [0, 0.1) is 11.7 Å². The summed E-state index contributed by atoms with van der Waals surface area (Å²) in [6, 6.07) is 3.31. The summed E-state index contributed by atoms with van der Waals surface area (Å²) < 4.78 is 13.3. The van der Waals surface area contributed by atoms with Gasteiger partial charge in [0.2, 0.25) is 5.91 Å². The number of carboxylic acid groups (broad SMARTS) is 1.